The smallest absolute Gasteiger partial charge is 0.127 e. The van der Waals surface area contributed by atoms with Gasteiger partial charge in [-0.2, -0.15) is 0 Å². The number of unbranched alkanes of at least 4 members (excludes halogenated alkanes) is 2. The van der Waals surface area contributed by atoms with Crippen LogP contribution in [0.4, 0.5) is 0 Å². The van der Waals surface area contributed by atoms with Gasteiger partial charge in [0.15, 0.2) is 0 Å². The zero-order valence-corrected chi connectivity index (χ0v) is 13.1. The first-order valence-electron chi connectivity index (χ1n) is 7.17. The van der Waals surface area contributed by atoms with Gasteiger partial charge in [-0.05, 0) is 38.8 Å². The maximum absolute atomic E-state index is 5.43. The summed E-state index contributed by atoms with van der Waals surface area (Å²) in [7, 11) is 5.10. The van der Waals surface area contributed by atoms with Crippen molar-refractivity contribution in [2.45, 2.75) is 32.2 Å². The molecule has 0 radical (unpaired) electrons. The highest BCUT2D eigenvalue weighted by Gasteiger charge is 2.11. The molecule has 0 fully saturated rings. The Bertz CT molecular complexity index is 382. The van der Waals surface area contributed by atoms with Gasteiger partial charge in [-0.15, -0.1) is 0 Å². The predicted molar refractivity (Wildman–Crippen MR) is 81.7 cm³/mol. The highest BCUT2D eigenvalue weighted by molar-refractivity contribution is 5.42. The van der Waals surface area contributed by atoms with Crippen molar-refractivity contribution >= 4 is 0 Å². The Morgan fingerprint density at radius 3 is 2.50 bits per heavy atom. The van der Waals surface area contributed by atoms with Crippen LogP contribution < -0.4 is 14.8 Å². The lowest BCUT2D eigenvalue weighted by atomic mass is 10.1. The second-order valence-corrected chi connectivity index (χ2v) is 4.84. The second kappa shape index (κ2) is 9.61. The number of methoxy groups -OCH3 is 3. The van der Waals surface area contributed by atoms with Gasteiger partial charge in [0.2, 0.25) is 0 Å². The minimum atomic E-state index is 0.262. The fourth-order valence-corrected chi connectivity index (χ4v) is 2.15. The lowest BCUT2D eigenvalue weighted by molar-refractivity contribution is 0.192. The lowest BCUT2D eigenvalue weighted by Crippen LogP contribution is -2.20. The van der Waals surface area contributed by atoms with Crippen LogP contribution in [0.5, 0.6) is 11.5 Å². The minimum Gasteiger partial charge on any atom is -0.497 e. The molecule has 0 aliphatic heterocycles. The summed E-state index contributed by atoms with van der Waals surface area (Å²) in [4.78, 5) is 0. The molecule has 20 heavy (non-hydrogen) atoms. The molecule has 1 unspecified atom stereocenters. The standard InChI is InChI=1S/C16H27NO3/c1-13(17-10-6-5-7-11-18-2)15-9-8-14(19-3)12-16(15)20-4/h8-9,12-13,17H,5-7,10-11H2,1-4H3. The molecule has 4 heteroatoms. The highest BCUT2D eigenvalue weighted by Crippen LogP contribution is 2.29. The van der Waals surface area contributed by atoms with Crippen LogP contribution in [0.15, 0.2) is 18.2 Å². The maximum Gasteiger partial charge on any atom is 0.127 e. The molecule has 0 aliphatic carbocycles. The Balaban J connectivity index is 2.44. The topological polar surface area (TPSA) is 39.7 Å². The molecule has 114 valence electrons. The van der Waals surface area contributed by atoms with Gasteiger partial charge in [0, 0.05) is 31.4 Å². The zero-order chi connectivity index (χ0) is 14.8. The van der Waals surface area contributed by atoms with E-state index in [2.05, 4.69) is 18.3 Å². The molecular weight excluding hydrogens is 254 g/mol. The van der Waals surface area contributed by atoms with E-state index < -0.39 is 0 Å². The van der Waals surface area contributed by atoms with Crippen molar-refractivity contribution in [3.8, 4) is 11.5 Å². The first-order valence-corrected chi connectivity index (χ1v) is 7.17. The van der Waals surface area contributed by atoms with E-state index in [1.165, 1.54) is 6.42 Å². The third kappa shape index (κ3) is 5.39. The summed E-state index contributed by atoms with van der Waals surface area (Å²) in [6.07, 6.45) is 3.47. The van der Waals surface area contributed by atoms with Crippen LogP contribution in [0.1, 0.15) is 37.8 Å². The monoisotopic (exact) mass is 281 g/mol. The van der Waals surface area contributed by atoms with Crippen LogP contribution >= 0.6 is 0 Å². The van der Waals surface area contributed by atoms with Crippen LogP contribution in [-0.2, 0) is 4.74 Å². The molecule has 0 aliphatic rings. The van der Waals surface area contributed by atoms with E-state index in [0.717, 1.165) is 43.1 Å². The normalized spacial score (nSPS) is 12.2. The largest absolute Gasteiger partial charge is 0.497 e. The molecule has 1 aromatic carbocycles. The number of nitrogens with one attached hydrogen (secondary N) is 1. The van der Waals surface area contributed by atoms with E-state index in [4.69, 9.17) is 14.2 Å². The van der Waals surface area contributed by atoms with E-state index in [1.54, 1.807) is 21.3 Å². The van der Waals surface area contributed by atoms with Crippen LogP contribution in [0.2, 0.25) is 0 Å². The van der Waals surface area contributed by atoms with Gasteiger partial charge in [0.1, 0.15) is 11.5 Å². The average Bonchev–Trinajstić information content (AvgIpc) is 2.49. The molecule has 0 bridgehead atoms. The van der Waals surface area contributed by atoms with E-state index in [1.807, 2.05) is 12.1 Å². The van der Waals surface area contributed by atoms with Crippen LogP contribution in [0, 0.1) is 0 Å². The Kier molecular flexibility index (Phi) is 8.07. The van der Waals surface area contributed by atoms with Gasteiger partial charge in [-0.3, -0.25) is 0 Å². The van der Waals surface area contributed by atoms with Crippen molar-refractivity contribution in [3.05, 3.63) is 23.8 Å². The summed E-state index contributed by atoms with van der Waals surface area (Å²) >= 11 is 0. The summed E-state index contributed by atoms with van der Waals surface area (Å²) < 4.78 is 15.7. The van der Waals surface area contributed by atoms with Gasteiger partial charge < -0.3 is 19.5 Å². The third-order valence-corrected chi connectivity index (χ3v) is 3.38. The van der Waals surface area contributed by atoms with E-state index >= 15 is 0 Å². The Morgan fingerprint density at radius 2 is 1.85 bits per heavy atom. The van der Waals surface area contributed by atoms with Crippen molar-refractivity contribution in [1.82, 2.24) is 5.32 Å². The summed E-state index contributed by atoms with van der Waals surface area (Å²) in [6, 6.07) is 6.21. The van der Waals surface area contributed by atoms with Crippen molar-refractivity contribution < 1.29 is 14.2 Å². The van der Waals surface area contributed by atoms with E-state index in [0.29, 0.717) is 0 Å². The van der Waals surface area contributed by atoms with Crippen LogP contribution in [-0.4, -0.2) is 34.5 Å². The highest BCUT2D eigenvalue weighted by atomic mass is 16.5. The van der Waals surface area contributed by atoms with Crippen molar-refractivity contribution in [2.75, 3.05) is 34.5 Å². The number of ether oxygens (including phenoxy) is 3. The first kappa shape index (κ1) is 16.8. The van der Waals surface area contributed by atoms with Gasteiger partial charge in [0.05, 0.1) is 14.2 Å². The second-order valence-electron chi connectivity index (χ2n) is 4.84. The van der Waals surface area contributed by atoms with Gasteiger partial charge in [-0.1, -0.05) is 6.07 Å². The number of hydrogen-bond donors (Lipinski definition) is 1. The Morgan fingerprint density at radius 1 is 1.05 bits per heavy atom. The Labute approximate surface area is 122 Å². The zero-order valence-electron chi connectivity index (χ0n) is 13.1. The van der Waals surface area contributed by atoms with Crippen LogP contribution in [0.3, 0.4) is 0 Å². The summed E-state index contributed by atoms with van der Waals surface area (Å²) in [5.41, 5.74) is 1.16. The fourth-order valence-electron chi connectivity index (χ4n) is 2.15. The van der Waals surface area contributed by atoms with Crippen molar-refractivity contribution in [2.24, 2.45) is 0 Å². The number of benzene rings is 1. The molecule has 1 aromatic rings. The minimum absolute atomic E-state index is 0.262. The van der Waals surface area contributed by atoms with Gasteiger partial charge in [-0.25, -0.2) is 0 Å². The molecule has 0 amide bonds. The molecule has 0 spiro atoms. The molecule has 1 N–H and O–H groups in total. The SMILES string of the molecule is COCCCCCNC(C)c1ccc(OC)cc1OC. The maximum atomic E-state index is 5.43. The molecule has 0 saturated carbocycles. The summed E-state index contributed by atoms with van der Waals surface area (Å²) in [5, 5.41) is 3.53. The average molecular weight is 281 g/mol. The molecule has 1 rings (SSSR count). The number of hydrogen-bond acceptors (Lipinski definition) is 4. The van der Waals surface area contributed by atoms with Crippen LogP contribution in [0.25, 0.3) is 0 Å². The van der Waals surface area contributed by atoms with Crippen molar-refractivity contribution in [1.29, 1.82) is 0 Å². The molecule has 0 aromatic heterocycles. The Hall–Kier alpha value is -1.26. The molecule has 4 nitrogen and oxygen atoms in total. The predicted octanol–water partition coefficient (Wildman–Crippen LogP) is 3.17. The summed E-state index contributed by atoms with van der Waals surface area (Å²) in [5.74, 6) is 1.68. The lowest BCUT2D eigenvalue weighted by Gasteiger charge is -2.18. The molecule has 0 heterocycles. The molecular formula is C16H27NO3. The third-order valence-electron chi connectivity index (χ3n) is 3.38. The molecule has 1 atom stereocenters. The quantitative estimate of drug-likeness (QED) is 0.669. The van der Waals surface area contributed by atoms with E-state index in [9.17, 15) is 0 Å². The van der Waals surface area contributed by atoms with Gasteiger partial charge >= 0.3 is 0 Å². The van der Waals surface area contributed by atoms with Gasteiger partial charge in [0.25, 0.3) is 0 Å². The number of rotatable bonds is 10. The first-order chi connectivity index (χ1) is 9.72. The van der Waals surface area contributed by atoms with Crippen molar-refractivity contribution in [3.63, 3.8) is 0 Å². The summed E-state index contributed by atoms with van der Waals surface area (Å²) in [6.45, 7) is 4.00. The van der Waals surface area contributed by atoms with E-state index in [-0.39, 0.29) is 6.04 Å². The fraction of sp³-hybridized carbons (Fsp3) is 0.625. The molecule has 0 saturated heterocycles.